The van der Waals surface area contributed by atoms with Gasteiger partial charge in [0, 0.05) is 17.3 Å². The van der Waals surface area contributed by atoms with Gasteiger partial charge >= 0.3 is 0 Å². The molecular weight excluding hydrogens is 218 g/mol. The van der Waals surface area contributed by atoms with Crippen molar-refractivity contribution in [2.75, 3.05) is 5.73 Å². The predicted octanol–water partition coefficient (Wildman–Crippen LogP) is 0.667. The average molecular weight is 227 g/mol. The van der Waals surface area contributed by atoms with Gasteiger partial charge in [-0.15, -0.1) is 0 Å². The highest BCUT2D eigenvalue weighted by Crippen LogP contribution is 2.17. The van der Waals surface area contributed by atoms with E-state index in [1.54, 1.807) is 12.1 Å². The van der Waals surface area contributed by atoms with E-state index in [-0.39, 0.29) is 5.56 Å². The summed E-state index contributed by atoms with van der Waals surface area (Å²) in [5, 5.41) is 2.69. The van der Waals surface area contributed by atoms with Crippen LogP contribution >= 0.6 is 0 Å². The van der Waals surface area contributed by atoms with Crippen LogP contribution in [-0.2, 0) is 0 Å². The van der Waals surface area contributed by atoms with Crippen molar-refractivity contribution in [2.24, 2.45) is 0 Å². The number of fused-ring (bicyclic) bond motifs is 1. The zero-order chi connectivity index (χ0) is 11.8. The van der Waals surface area contributed by atoms with Crippen LogP contribution in [0.3, 0.4) is 0 Å². The Morgan fingerprint density at radius 2 is 2.00 bits per heavy atom. The van der Waals surface area contributed by atoms with E-state index in [1.807, 2.05) is 12.1 Å². The van der Waals surface area contributed by atoms with Gasteiger partial charge in [-0.1, -0.05) is 12.1 Å². The van der Waals surface area contributed by atoms with Gasteiger partial charge < -0.3 is 5.73 Å². The molecule has 17 heavy (non-hydrogen) atoms. The first kappa shape index (κ1) is 9.59. The molecule has 6 heteroatoms. The van der Waals surface area contributed by atoms with Crippen LogP contribution in [0.2, 0.25) is 0 Å². The summed E-state index contributed by atoms with van der Waals surface area (Å²) in [5.74, 6) is 0.351. The van der Waals surface area contributed by atoms with Gasteiger partial charge in [-0.2, -0.15) is 4.52 Å². The third-order valence-corrected chi connectivity index (χ3v) is 2.47. The lowest BCUT2D eigenvalue weighted by Gasteiger charge is -2.00. The zero-order valence-corrected chi connectivity index (χ0v) is 8.79. The standard InChI is InChI=1S/C11H9N5O/c12-8-3-1-7(2-4-8)9-5-10(17)16-11(15-9)13-6-14-16/h1-6H,12H2,(H,13,14,15). The number of hydrogen-bond donors (Lipinski definition) is 2. The number of aromatic amines is 1. The summed E-state index contributed by atoms with van der Waals surface area (Å²) in [7, 11) is 0. The zero-order valence-electron chi connectivity index (χ0n) is 8.79. The summed E-state index contributed by atoms with van der Waals surface area (Å²) in [4.78, 5) is 20.0. The van der Waals surface area contributed by atoms with Crippen molar-refractivity contribution in [3.8, 4) is 11.3 Å². The molecule has 0 aliphatic rings. The Balaban J connectivity index is 2.23. The molecule has 1 aromatic carbocycles. The maximum atomic E-state index is 11.7. The van der Waals surface area contributed by atoms with Gasteiger partial charge in [-0.25, -0.2) is 9.97 Å². The molecule has 0 radical (unpaired) electrons. The Labute approximate surface area is 95.7 Å². The van der Waals surface area contributed by atoms with E-state index in [4.69, 9.17) is 5.73 Å². The normalized spacial score (nSPS) is 10.8. The molecule has 3 rings (SSSR count). The maximum absolute atomic E-state index is 11.7. The molecule has 0 atom stereocenters. The van der Waals surface area contributed by atoms with Crippen molar-refractivity contribution in [2.45, 2.75) is 0 Å². The van der Waals surface area contributed by atoms with E-state index >= 15 is 0 Å². The van der Waals surface area contributed by atoms with Crippen molar-refractivity contribution in [3.63, 3.8) is 0 Å². The maximum Gasteiger partial charge on any atom is 0.274 e. The highest BCUT2D eigenvalue weighted by atomic mass is 16.1. The van der Waals surface area contributed by atoms with Crippen LogP contribution in [-0.4, -0.2) is 19.6 Å². The molecule has 3 N–H and O–H groups in total. The third kappa shape index (κ3) is 1.55. The molecular formula is C11H9N5O. The second-order valence-electron chi connectivity index (χ2n) is 3.62. The smallest absolute Gasteiger partial charge is 0.274 e. The van der Waals surface area contributed by atoms with Crippen LogP contribution in [0.5, 0.6) is 0 Å². The van der Waals surface area contributed by atoms with E-state index in [1.165, 1.54) is 16.9 Å². The van der Waals surface area contributed by atoms with E-state index in [0.29, 0.717) is 17.2 Å². The van der Waals surface area contributed by atoms with Gasteiger partial charge in [0.05, 0.1) is 5.69 Å². The number of nitrogens with zero attached hydrogens (tertiary/aromatic N) is 3. The Kier molecular flexibility index (Phi) is 1.94. The largest absolute Gasteiger partial charge is 0.399 e. The van der Waals surface area contributed by atoms with Gasteiger partial charge in [0.1, 0.15) is 6.33 Å². The van der Waals surface area contributed by atoms with Crippen molar-refractivity contribution in [1.82, 2.24) is 19.6 Å². The molecule has 0 saturated heterocycles. The van der Waals surface area contributed by atoms with E-state index < -0.39 is 0 Å². The molecule has 6 nitrogen and oxygen atoms in total. The SMILES string of the molecule is Nc1ccc(-c2cc(=O)n3[nH]cnc3n2)cc1. The molecule has 2 aromatic heterocycles. The first-order valence-corrected chi connectivity index (χ1v) is 5.03. The summed E-state index contributed by atoms with van der Waals surface area (Å²) < 4.78 is 1.28. The molecule has 84 valence electrons. The first-order chi connectivity index (χ1) is 8.24. The summed E-state index contributed by atoms with van der Waals surface area (Å²) in [6.45, 7) is 0. The number of anilines is 1. The minimum absolute atomic E-state index is 0.195. The minimum atomic E-state index is -0.195. The van der Waals surface area contributed by atoms with Crippen LogP contribution in [0, 0.1) is 0 Å². The molecule has 0 aliphatic carbocycles. The Bertz CT molecular complexity index is 725. The van der Waals surface area contributed by atoms with Crippen LogP contribution in [0.4, 0.5) is 5.69 Å². The second kappa shape index (κ2) is 3.44. The number of benzene rings is 1. The van der Waals surface area contributed by atoms with Crippen LogP contribution in [0.1, 0.15) is 0 Å². The Morgan fingerprint density at radius 3 is 2.76 bits per heavy atom. The van der Waals surface area contributed by atoms with Gasteiger partial charge in [-0.3, -0.25) is 9.89 Å². The highest BCUT2D eigenvalue weighted by molar-refractivity contribution is 5.62. The summed E-state index contributed by atoms with van der Waals surface area (Å²) in [6, 6.07) is 8.63. The van der Waals surface area contributed by atoms with Gasteiger partial charge in [-0.05, 0) is 12.1 Å². The number of nitrogens with two attached hydrogens (primary N) is 1. The van der Waals surface area contributed by atoms with Crippen LogP contribution < -0.4 is 11.3 Å². The first-order valence-electron chi connectivity index (χ1n) is 5.03. The average Bonchev–Trinajstić information content (AvgIpc) is 2.78. The fourth-order valence-electron chi connectivity index (χ4n) is 1.62. The second-order valence-corrected chi connectivity index (χ2v) is 3.62. The fraction of sp³-hybridized carbons (Fsp3) is 0. The molecule has 0 aliphatic heterocycles. The summed E-state index contributed by atoms with van der Waals surface area (Å²) in [5.41, 5.74) is 7.50. The summed E-state index contributed by atoms with van der Waals surface area (Å²) in [6.07, 6.45) is 1.43. The van der Waals surface area contributed by atoms with E-state index in [9.17, 15) is 4.79 Å². The van der Waals surface area contributed by atoms with Crippen molar-refractivity contribution >= 4 is 11.5 Å². The lowest BCUT2D eigenvalue weighted by molar-refractivity contribution is 0.900. The number of rotatable bonds is 1. The molecule has 0 spiro atoms. The fourth-order valence-corrected chi connectivity index (χ4v) is 1.62. The van der Waals surface area contributed by atoms with Crippen molar-refractivity contribution in [1.29, 1.82) is 0 Å². The van der Waals surface area contributed by atoms with Crippen molar-refractivity contribution < 1.29 is 0 Å². The van der Waals surface area contributed by atoms with Crippen LogP contribution in [0.25, 0.3) is 17.0 Å². The van der Waals surface area contributed by atoms with Crippen LogP contribution in [0.15, 0.2) is 41.5 Å². The number of H-pyrrole nitrogens is 1. The Morgan fingerprint density at radius 1 is 1.24 bits per heavy atom. The van der Waals surface area contributed by atoms with Crippen molar-refractivity contribution in [3.05, 3.63) is 47.0 Å². The number of nitrogen functional groups attached to an aromatic ring is 1. The molecule has 0 bridgehead atoms. The summed E-state index contributed by atoms with van der Waals surface area (Å²) >= 11 is 0. The lowest BCUT2D eigenvalue weighted by Crippen LogP contribution is -2.14. The number of nitrogens with one attached hydrogen (secondary N) is 1. The predicted molar refractivity (Wildman–Crippen MR) is 63.5 cm³/mol. The van der Waals surface area contributed by atoms with E-state index in [0.717, 1.165) is 5.56 Å². The van der Waals surface area contributed by atoms with Gasteiger partial charge in [0.2, 0.25) is 0 Å². The highest BCUT2D eigenvalue weighted by Gasteiger charge is 2.05. The molecule has 0 unspecified atom stereocenters. The molecule has 0 saturated carbocycles. The molecule has 3 aromatic rings. The molecule has 0 amide bonds. The molecule has 0 fully saturated rings. The number of aromatic nitrogens is 4. The lowest BCUT2D eigenvalue weighted by atomic mass is 10.1. The third-order valence-electron chi connectivity index (χ3n) is 2.47. The number of hydrogen-bond acceptors (Lipinski definition) is 4. The monoisotopic (exact) mass is 227 g/mol. The molecule has 2 heterocycles. The van der Waals surface area contributed by atoms with Gasteiger partial charge in [0.15, 0.2) is 0 Å². The topological polar surface area (TPSA) is 89.1 Å². The Hall–Kier alpha value is -2.63. The van der Waals surface area contributed by atoms with Gasteiger partial charge in [0.25, 0.3) is 11.3 Å². The van der Waals surface area contributed by atoms with E-state index in [2.05, 4.69) is 15.1 Å². The minimum Gasteiger partial charge on any atom is -0.399 e. The quantitative estimate of drug-likeness (QED) is 0.598.